The minimum atomic E-state index is -4.47. The average Bonchev–Trinajstić information content (AvgIpc) is 3.05. The number of ether oxygens (including phenoxy) is 1. The summed E-state index contributed by atoms with van der Waals surface area (Å²) in [6.07, 6.45) is 3.16. The number of methoxy groups -OCH3 is 1. The molecule has 0 spiro atoms. The number of aromatic nitrogens is 2. The number of sulfonamides is 1. The molecule has 0 saturated carbocycles. The summed E-state index contributed by atoms with van der Waals surface area (Å²) in [7, 11) is -1.77. The van der Waals surface area contributed by atoms with Gasteiger partial charge in [-0.1, -0.05) is 18.2 Å². The van der Waals surface area contributed by atoms with Crippen molar-refractivity contribution in [3.63, 3.8) is 0 Å². The van der Waals surface area contributed by atoms with Gasteiger partial charge in [0.1, 0.15) is 28.3 Å². The lowest BCUT2D eigenvalue weighted by atomic mass is 9.97. The molecule has 1 aliphatic heterocycles. The maximum Gasteiger partial charge on any atom is 0.270 e. The zero-order valence-electron chi connectivity index (χ0n) is 24.3. The quantitative estimate of drug-likeness (QED) is 0.223. The van der Waals surface area contributed by atoms with Gasteiger partial charge in [0.15, 0.2) is 0 Å². The van der Waals surface area contributed by atoms with Crippen LogP contribution in [-0.4, -0.2) is 62.1 Å². The van der Waals surface area contributed by atoms with Crippen LogP contribution >= 0.6 is 0 Å². The van der Waals surface area contributed by atoms with Crippen molar-refractivity contribution in [1.82, 2.24) is 20.3 Å². The average molecular weight is 646 g/mol. The highest BCUT2D eigenvalue weighted by Crippen LogP contribution is 2.34. The van der Waals surface area contributed by atoms with E-state index in [9.17, 15) is 26.8 Å². The number of rotatable bonds is 9. The number of pyridine rings is 2. The Hall–Kier alpha value is -5.47. The van der Waals surface area contributed by atoms with Crippen LogP contribution in [0.2, 0.25) is 0 Å². The summed E-state index contributed by atoms with van der Waals surface area (Å²) < 4.78 is 61.2. The van der Waals surface area contributed by atoms with Gasteiger partial charge in [0.05, 0.1) is 26.3 Å². The number of hydrogen-bond acceptors (Lipinski definition) is 8. The Morgan fingerprint density at radius 3 is 2.39 bits per heavy atom. The molecule has 3 heterocycles. The topological polar surface area (TPSA) is 140 Å². The Balaban J connectivity index is 1.29. The van der Waals surface area contributed by atoms with Gasteiger partial charge in [0.2, 0.25) is 5.88 Å². The molecule has 6 rings (SSSR count). The van der Waals surface area contributed by atoms with Gasteiger partial charge in [0, 0.05) is 35.0 Å². The molecule has 11 nitrogen and oxygen atoms in total. The molecule has 0 radical (unpaired) electrons. The highest BCUT2D eigenvalue weighted by Gasteiger charge is 2.38. The summed E-state index contributed by atoms with van der Waals surface area (Å²) in [5, 5.41) is 4.62. The van der Waals surface area contributed by atoms with Crippen molar-refractivity contribution in [3.05, 3.63) is 102 Å². The van der Waals surface area contributed by atoms with Crippen molar-refractivity contribution in [2.24, 2.45) is 0 Å². The number of halogens is 2. The third kappa shape index (κ3) is 5.82. The summed E-state index contributed by atoms with van der Waals surface area (Å²) in [6.45, 7) is 0.272. The fourth-order valence-electron chi connectivity index (χ4n) is 5.03. The summed E-state index contributed by atoms with van der Waals surface area (Å²) in [6, 6.07) is 17.2. The van der Waals surface area contributed by atoms with E-state index >= 15 is 0 Å². The van der Waals surface area contributed by atoms with Crippen LogP contribution in [0.25, 0.3) is 33.2 Å². The third-order valence-corrected chi connectivity index (χ3v) is 8.82. The first kappa shape index (κ1) is 30.6. The van der Waals surface area contributed by atoms with Crippen LogP contribution in [0.15, 0.2) is 90.1 Å². The molecule has 3 aromatic carbocycles. The van der Waals surface area contributed by atoms with E-state index in [2.05, 4.69) is 20.0 Å². The largest absolute Gasteiger partial charge is 0.480 e. The minimum Gasteiger partial charge on any atom is -0.480 e. The summed E-state index contributed by atoms with van der Waals surface area (Å²) in [5.74, 6) is -2.91. The van der Waals surface area contributed by atoms with Crippen LogP contribution in [0.1, 0.15) is 10.4 Å². The van der Waals surface area contributed by atoms with Gasteiger partial charge < -0.3 is 10.1 Å². The summed E-state index contributed by atoms with van der Waals surface area (Å²) >= 11 is 0. The molecule has 1 fully saturated rings. The first-order valence-corrected chi connectivity index (χ1v) is 15.2. The van der Waals surface area contributed by atoms with Crippen LogP contribution in [-0.2, 0) is 19.7 Å². The van der Waals surface area contributed by atoms with E-state index in [4.69, 9.17) is 9.57 Å². The number of β-lactam (4-membered cyclic amide) rings is 1. The second kappa shape index (κ2) is 12.1. The fourth-order valence-corrected chi connectivity index (χ4v) is 6.13. The number of carbonyl (C=O) groups excluding carboxylic acids is 2. The SMILES string of the molecule is COc1ncc(-c2ccc3nccc(-c4ccc(C(=O)N[C@@H]5CN(OC)C5=O)cc4)c3c2)cc1NS(=O)(=O)c1ccc(F)cc1F. The molecule has 0 aliphatic carbocycles. The lowest BCUT2D eigenvalue weighted by Gasteiger charge is -2.35. The van der Waals surface area contributed by atoms with E-state index in [1.165, 1.54) is 26.5 Å². The highest BCUT2D eigenvalue weighted by molar-refractivity contribution is 7.92. The Morgan fingerprint density at radius 1 is 0.935 bits per heavy atom. The van der Waals surface area contributed by atoms with E-state index in [0.29, 0.717) is 28.3 Å². The monoisotopic (exact) mass is 645 g/mol. The van der Waals surface area contributed by atoms with Crippen LogP contribution in [0.5, 0.6) is 5.88 Å². The van der Waals surface area contributed by atoms with Crippen molar-refractivity contribution in [3.8, 4) is 28.1 Å². The fraction of sp³-hybridized carbons (Fsp3) is 0.125. The Bertz CT molecular complexity index is 2110. The maximum atomic E-state index is 14.3. The Labute approximate surface area is 261 Å². The summed E-state index contributed by atoms with van der Waals surface area (Å²) in [4.78, 5) is 37.5. The van der Waals surface area contributed by atoms with Gasteiger partial charge in [-0.05, 0) is 65.2 Å². The van der Waals surface area contributed by atoms with Crippen molar-refractivity contribution < 1.29 is 36.4 Å². The van der Waals surface area contributed by atoms with Gasteiger partial charge in [-0.25, -0.2) is 27.2 Å². The molecule has 1 atom stereocenters. The third-order valence-electron chi connectivity index (χ3n) is 7.42. The standard InChI is InChI=1S/C32H25F2N5O6S/c1-44-31-27(38-46(42,43)29-10-8-22(33)15-25(29)34)14-21(16-36-31)20-7-9-26-24(13-20)23(11-12-35-26)18-3-5-19(6-4-18)30(40)37-28-17-39(45-2)32(28)41/h3-16,28,38H,17H2,1-2H3,(H,37,40)/t28-/m1/s1. The molecule has 46 heavy (non-hydrogen) atoms. The summed E-state index contributed by atoms with van der Waals surface area (Å²) in [5.41, 5.74) is 3.81. The second-order valence-electron chi connectivity index (χ2n) is 10.2. The Kier molecular flexibility index (Phi) is 8.06. The molecule has 2 aromatic heterocycles. The zero-order chi connectivity index (χ0) is 32.6. The molecular formula is C32H25F2N5O6S. The molecule has 14 heteroatoms. The molecule has 0 bridgehead atoms. The predicted molar refractivity (Wildman–Crippen MR) is 164 cm³/mol. The molecule has 1 aliphatic rings. The number of carbonyl (C=O) groups is 2. The van der Waals surface area contributed by atoms with E-state index in [-0.39, 0.29) is 29.9 Å². The van der Waals surface area contributed by atoms with Crippen molar-refractivity contribution >= 4 is 38.4 Å². The lowest BCUT2D eigenvalue weighted by Crippen LogP contribution is -2.63. The minimum absolute atomic E-state index is 0.0531. The maximum absolute atomic E-state index is 14.3. The second-order valence-corrected chi connectivity index (χ2v) is 11.9. The van der Waals surface area contributed by atoms with Crippen molar-refractivity contribution in [2.45, 2.75) is 10.9 Å². The molecule has 234 valence electrons. The number of anilines is 1. The Morgan fingerprint density at radius 2 is 1.70 bits per heavy atom. The van der Waals surface area contributed by atoms with Crippen LogP contribution in [0.4, 0.5) is 14.5 Å². The van der Waals surface area contributed by atoms with E-state index in [1.807, 2.05) is 12.1 Å². The van der Waals surface area contributed by atoms with Gasteiger partial charge in [0.25, 0.3) is 21.8 Å². The van der Waals surface area contributed by atoms with E-state index in [0.717, 1.165) is 33.7 Å². The van der Waals surface area contributed by atoms with Crippen LogP contribution in [0, 0.1) is 11.6 Å². The van der Waals surface area contributed by atoms with Gasteiger partial charge in [-0.2, -0.15) is 0 Å². The zero-order valence-corrected chi connectivity index (χ0v) is 25.1. The molecular weight excluding hydrogens is 620 g/mol. The number of hydroxylamine groups is 2. The van der Waals surface area contributed by atoms with Crippen LogP contribution in [0.3, 0.4) is 0 Å². The number of benzene rings is 3. The molecule has 1 saturated heterocycles. The molecule has 0 unspecified atom stereocenters. The van der Waals surface area contributed by atoms with Gasteiger partial charge >= 0.3 is 0 Å². The number of fused-ring (bicyclic) bond motifs is 1. The van der Waals surface area contributed by atoms with Crippen molar-refractivity contribution in [2.75, 3.05) is 25.5 Å². The van der Waals surface area contributed by atoms with Crippen LogP contribution < -0.4 is 14.8 Å². The van der Waals surface area contributed by atoms with Gasteiger partial charge in [-0.3, -0.25) is 24.1 Å². The molecule has 2 amide bonds. The number of nitrogens with one attached hydrogen (secondary N) is 2. The lowest BCUT2D eigenvalue weighted by molar-refractivity contribution is -0.202. The normalized spacial score (nSPS) is 14.6. The highest BCUT2D eigenvalue weighted by atomic mass is 32.2. The number of hydrogen-bond donors (Lipinski definition) is 2. The van der Waals surface area contributed by atoms with E-state index in [1.54, 1.807) is 42.6 Å². The number of amides is 2. The van der Waals surface area contributed by atoms with Crippen molar-refractivity contribution in [1.29, 1.82) is 0 Å². The molecule has 2 N–H and O–H groups in total. The van der Waals surface area contributed by atoms with E-state index < -0.39 is 32.6 Å². The number of nitrogens with zero attached hydrogens (tertiary/aromatic N) is 3. The predicted octanol–water partition coefficient (Wildman–Crippen LogP) is 4.55. The first-order valence-electron chi connectivity index (χ1n) is 13.8. The first-order chi connectivity index (χ1) is 22.1. The smallest absolute Gasteiger partial charge is 0.270 e. The van der Waals surface area contributed by atoms with Gasteiger partial charge in [-0.15, -0.1) is 0 Å². The molecule has 5 aromatic rings.